The number of fused-ring (bicyclic) bond motifs is 2. The van der Waals surface area contributed by atoms with E-state index in [1.54, 1.807) is 30.6 Å². The molecule has 136 valence electrons. The van der Waals surface area contributed by atoms with Crippen molar-refractivity contribution < 1.29 is 24.1 Å². The van der Waals surface area contributed by atoms with Gasteiger partial charge in [0.25, 0.3) is 0 Å². The van der Waals surface area contributed by atoms with Crippen LogP contribution in [0.15, 0.2) is 48.8 Å². The van der Waals surface area contributed by atoms with E-state index >= 15 is 0 Å². The number of aromatic nitrogens is 2. The monoisotopic (exact) mass is 365 g/mol. The SMILES string of the molecule is Oc1cc2c(cc1[C@@H](Nc1ncccn1)c1ccc3c(c1)OCO3)OCO2. The maximum atomic E-state index is 10.6. The molecule has 2 N–H and O–H groups in total. The van der Waals surface area contributed by atoms with Gasteiger partial charge in [-0.2, -0.15) is 0 Å². The molecule has 0 fully saturated rings. The van der Waals surface area contributed by atoms with Crippen molar-refractivity contribution in [1.29, 1.82) is 0 Å². The van der Waals surface area contributed by atoms with Crippen LogP contribution in [0.5, 0.6) is 28.7 Å². The van der Waals surface area contributed by atoms with Crippen molar-refractivity contribution in [3.8, 4) is 28.7 Å². The molecule has 27 heavy (non-hydrogen) atoms. The largest absolute Gasteiger partial charge is 0.507 e. The zero-order valence-corrected chi connectivity index (χ0v) is 14.1. The third-order valence-electron chi connectivity index (χ3n) is 4.40. The molecule has 0 saturated carbocycles. The number of hydrogen-bond acceptors (Lipinski definition) is 8. The van der Waals surface area contributed by atoms with E-state index in [1.165, 1.54) is 0 Å². The molecule has 5 rings (SSSR count). The fourth-order valence-electron chi connectivity index (χ4n) is 3.11. The summed E-state index contributed by atoms with van der Waals surface area (Å²) in [6.45, 7) is 0.316. The Morgan fingerprint density at radius 2 is 1.52 bits per heavy atom. The molecule has 0 unspecified atom stereocenters. The zero-order valence-electron chi connectivity index (χ0n) is 14.1. The van der Waals surface area contributed by atoms with Crippen molar-refractivity contribution in [2.24, 2.45) is 0 Å². The first kappa shape index (κ1) is 15.6. The third-order valence-corrected chi connectivity index (χ3v) is 4.40. The van der Waals surface area contributed by atoms with Gasteiger partial charge in [0.05, 0.1) is 6.04 Å². The van der Waals surface area contributed by atoms with Crippen LogP contribution in [0.4, 0.5) is 5.95 Å². The van der Waals surface area contributed by atoms with Crippen LogP contribution >= 0.6 is 0 Å². The number of nitrogens with zero attached hydrogens (tertiary/aromatic N) is 2. The minimum atomic E-state index is -0.448. The van der Waals surface area contributed by atoms with Gasteiger partial charge >= 0.3 is 0 Å². The highest BCUT2D eigenvalue weighted by Crippen LogP contribution is 2.43. The molecule has 0 radical (unpaired) electrons. The first-order valence-electron chi connectivity index (χ1n) is 8.33. The fourth-order valence-corrected chi connectivity index (χ4v) is 3.11. The topological polar surface area (TPSA) is 95.0 Å². The summed E-state index contributed by atoms with van der Waals surface area (Å²) in [4.78, 5) is 8.46. The molecule has 8 heteroatoms. The number of benzene rings is 2. The van der Waals surface area contributed by atoms with Gasteiger partial charge in [0, 0.05) is 24.0 Å². The Labute approximate surface area is 154 Å². The van der Waals surface area contributed by atoms with E-state index in [0.717, 1.165) is 5.56 Å². The van der Waals surface area contributed by atoms with Crippen LogP contribution in [0.3, 0.4) is 0 Å². The van der Waals surface area contributed by atoms with Gasteiger partial charge in [0.15, 0.2) is 23.0 Å². The second-order valence-electron chi connectivity index (χ2n) is 6.03. The molecule has 8 nitrogen and oxygen atoms in total. The highest BCUT2D eigenvalue weighted by atomic mass is 16.7. The number of ether oxygens (including phenoxy) is 4. The molecule has 0 aliphatic carbocycles. The lowest BCUT2D eigenvalue weighted by Gasteiger charge is -2.21. The molecule has 0 amide bonds. The Morgan fingerprint density at radius 3 is 2.30 bits per heavy atom. The van der Waals surface area contributed by atoms with Gasteiger partial charge in [-0.05, 0) is 29.8 Å². The molecule has 2 aliphatic heterocycles. The first-order valence-corrected chi connectivity index (χ1v) is 8.33. The average Bonchev–Trinajstić information content (AvgIpc) is 3.34. The summed E-state index contributed by atoms with van der Waals surface area (Å²) in [6.07, 6.45) is 3.29. The number of hydrogen-bond donors (Lipinski definition) is 2. The lowest BCUT2D eigenvalue weighted by Crippen LogP contribution is -2.14. The van der Waals surface area contributed by atoms with E-state index < -0.39 is 6.04 Å². The van der Waals surface area contributed by atoms with E-state index in [2.05, 4.69) is 15.3 Å². The van der Waals surface area contributed by atoms with Crippen molar-refractivity contribution in [1.82, 2.24) is 9.97 Å². The van der Waals surface area contributed by atoms with Crippen molar-refractivity contribution in [3.05, 3.63) is 59.9 Å². The molecule has 3 heterocycles. The second-order valence-corrected chi connectivity index (χ2v) is 6.03. The summed E-state index contributed by atoms with van der Waals surface area (Å²) >= 11 is 0. The summed E-state index contributed by atoms with van der Waals surface area (Å²) in [6, 6.07) is 10.2. The van der Waals surface area contributed by atoms with E-state index in [1.807, 2.05) is 18.2 Å². The Hall–Kier alpha value is -3.68. The number of aromatic hydroxyl groups is 1. The molecule has 2 aliphatic rings. The van der Waals surface area contributed by atoms with Crippen LogP contribution in [-0.4, -0.2) is 28.7 Å². The smallest absolute Gasteiger partial charge is 0.231 e. The summed E-state index contributed by atoms with van der Waals surface area (Å²) < 4.78 is 21.7. The standard InChI is InChI=1S/C19H15N3O5/c23-13-8-17-16(26-10-27-17)7-12(13)18(22-19-20-4-1-5-21-19)11-2-3-14-15(6-11)25-9-24-14/h1-8,18,23H,9-10H2,(H,20,21,22)/t18-/m0/s1. The number of nitrogens with one attached hydrogen (secondary N) is 1. The minimum Gasteiger partial charge on any atom is -0.507 e. The van der Waals surface area contributed by atoms with Crippen LogP contribution in [0.1, 0.15) is 17.2 Å². The van der Waals surface area contributed by atoms with E-state index in [9.17, 15) is 5.11 Å². The van der Waals surface area contributed by atoms with Crippen molar-refractivity contribution in [2.45, 2.75) is 6.04 Å². The summed E-state index contributed by atoms with van der Waals surface area (Å²) in [7, 11) is 0. The normalized spacial score (nSPS) is 14.8. The highest BCUT2D eigenvalue weighted by Gasteiger charge is 2.26. The number of anilines is 1. The Morgan fingerprint density at radius 1 is 0.852 bits per heavy atom. The van der Waals surface area contributed by atoms with Crippen LogP contribution in [0.25, 0.3) is 0 Å². The van der Waals surface area contributed by atoms with Crippen LogP contribution < -0.4 is 24.3 Å². The number of rotatable bonds is 4. The minimum absolute atomic E-state index is 0.0744. The van der Waals surface area contributed by atoms with Crippen LogP contribution in [-0.2, 0) is 0 Å². The first-order chi connectivity index (χ1) is 13.3. The molecule has 1 atom stereocenters. The highest BCUT2D eigenvalue weighted by molar-refractivity contribution is 5.57. The molecule has 0 saturated heterocycles. The molecular formula is C19H15N3O5. The molecule has 0 bridgehead atoms. The number of phenols is 1. The molecule has 1 aromatic heterocycles. The number of phenolic OH excluding ortho intramolecular Hbond substituents is 1. The van der Waals surface area contributed by atoms with Gasteiger partial charge < -0.3 is 29.4 Å². The Kier molecular flexibility index (Phi) is 3.60. The maximum absolute atomic E-state index is 10.6. The van der Waals surface area contributed by atoms with Gasteiger partial charge in [-0.3, -0.25) is 0 Å². The van der Waals surface area contributed by atoms with Crippen LogP contribution in [0, 0.1) is 0 Å². The quantitative estimate of drug-likeness (QED) is 0.729. The Bertz CT molecular complexity index is 996. The van der Waals surface area contributed by atoms with Crippen LogP contribution in [0.2, 0.25) is 0 Å². The maximum Gasteiger partial charge on any atom is 0.231 e. The zero-order chi connectivity index (χ0) is 18.2. The van der Waals surface area contributed by atoms with Gasteiger partial charge in [-0.1, -0.05) is 6.07 Å². The van der Waals surface area contributed by atoms with E-state index in [4.69, 9.17) is 18.9 Å². The fraction of sp³-hybridized carbons (Fsp3) is 0.158. The molecule has 0 spiro atoms. The Balaban J connectivity index is 1.60. The summed E-state index contributed by atoms with van der Waals surface area (Å²) in [5, 5.41) is 13.9. The second kappa shape index (κ2) is 6.24. The van der Waals surface area contributed by atoms with E-state index in [0.29, 0.717) is 34.5 Å². The molecule has 2 aromatic carbocycles. The lowest BCUT2D eigenvalue weighted by atomic mass is 9.97. The molecular weight excluding hydrogens is 350 g/mol. The van der Waals surface area contributed by atoms with Crippen molar-refractivity contribution >= 4 is 5.95 Å². The van der Waals surface area contributed by atoms with Gasteiger partial charge in [-0.25, -0.2) is 9.97 Å². The van der Waals surface area contributed by atoms with Gasteiger partial charge in [-0.15, -0.1) is 0 Å². The van der Waals surface area contributed by atoms with Crippen molar-refractivity contribution in [2.75, 3.05) is 18.9 Å². The summed E-state index contributed by atoms with van der Waals surface area (Å²) in [5.41, 5.74) is 1.45. The predicted molar refractivity (Wildman–Crippen MR) is 94.3 cm³/mol. The molecule has 3 aromatic rings. The van der Waals surface area contributed by atoms with Crippen molar-refractivity contribution in [3.63, 3.8) is 0 Å². The third kappa shape index (κ3) is 2.80. The van der Waals surface area contributed by atoms with E-state index in [-0.39, 0.29) is 19.3 Å². The average molecular weight is 365 g/mol. The lowest BCUT2D eigenvalue weighted by molar-refractivity contribution is 0.173. The summed E-state index contributed by atoms with van der Waals surface area (Å²) in [5.74, 6) is 2.92. The van der Waals surface area contributed by atoms with Gasteiger partial charge in [0.1, 0.15) is 5.75 Å². The predicted octanol–water partition coefficient (Wildman–Crippen LogP) is 2.84. The van der Waals surface area contributed by atoms with Gasteiger partial charge in [0.2, 0.25) is 19.5 Å².